The maximum Gasteiger partial charge on any atom is 0.328 e. The summed E-state index contributed by atoms with van der Waals surface area (Å²) in [5, 5.41) is 2.67. The second-order valence-electron chi connectivity index (χ2n) is 7.58. The summed E-state index contributed by atoms with van der Waals surface area (Å²) in [4.78, 5) is 24.4. The van der Waals surface area contributed by atoms with Crippen LogP contribution in [0.4, 0.5) is 0 Å². The fraction of sp³-hybridized carbons (Fsp3) is 0.455. The van der Waals surface area contributed by atoms with E-state index in [1.54, 1.807) is 6.07 Å². The van der Waals surface area contributed by atoms with Gasteiger partial charge < -0.3 is 19.2 Å². The Kier molecular flexibility index (Phi) is 7.26. The van der Waals surface area contributed by atoms with Crippen LogP contribution in [0.25, 0.3) is 0 Å². The van der Waals surface area contributed by atoms with Crippen molar-refractivity contribution < 1.29 is 23.5 Å². The van der Waals surface area contributed by atoms with Crippen LogP contribution in [0.5, 0.6) is 11.7 Å². The summed E-state index contributed by atoms with van der Waals surface area (Å²) in [5.74, 6) is 0.593. The Labute approximate surface area is 166 Å². The number of carbonyl (C=O) groups excluding carboxylic acids is 2. The lowest BCUT2D eigenvalue weighted by Crippen LogP contribution is -2.42. The van der Waals surface area contributed by atoms with E-state index in [0.717, 1.165) is 11.1 Å². The van der Waals surface area contributed by atoms with Crippen LogP contribution in [0, 0.1) is 12.8 Å². The molecule has 0 spiro atoms. The molecule has 0 saturated heterocycles. The molecule has 1 aromatic carbocycles. The van der Waals surface area contributed by atoms with Gasteiger partial charge in [-0.1, -0.05) is 39.8 Å². The van der Waals surface area contributed by atoms with Crippen molar-refractivity contribution in [2.45, 2.75) is 53.0 Å². The number of carbonyl (C=O) groups is 2. The Morgan fingerprint density at radius 2 is 1.82 bits per heavy atom. The van der Waals surface area contributed by atoms with Crippen molar-refractivity contribution >= 4 is 11.9 Å². The topological polar surface area (TPSA) is 77.8 Å². The van der Waals surface area contributed by atoms with Gasteiger partial charge in [0.1, 0.15) is 11.8 Å². The number of aryl methyl sites for hydroxylation is 1. The summed E-state index contributed by atoms with van der Waals surface area (Å²) in [7, 11) is 1.30. The molecule has 0 bridgehead atoms. The van der Waals surface area contributed by atoms with Crippen LogP contribution in [0.3, 0.4) is 0 Å². The Balaban J connectivity index is 2.12. The van der Waals surface area contributed by atoms with E-state index < -0.39 is 17.9 Å². The molecule has 1 aromatic heterocycles. The molecule has 0 aliphatic rings. The number of benzene rings is 1. The van der Waals surface area contributed by atoms with Gasteiger partial charge in [-0.25, -0.2) is 4.79 Å². The molecule has 1 amide bonds. The molecular formula is C22H29NO5. The number of furan rings is 1. The van der Waals surface area contributed by atoms with E-state index >= 15 is 0 Å². The first-order chi connectivity index (χ1) is 13.2. The van der Waals surface area contributed by atoms with Gasteiger partial charge in [0.2, 0.25) is 0 Å². The van der Waals surface area contributed by atoms with E-state index in [0.29, 0.717) is 18.1 Å². The molecule has 1 heterocycles. The van der Waals surface area contributed by atoms with Crippen LogP contribution >= 0.6 is 0 Å². The molecule has 0 fully saturated rings. The van der Waals surface area contributed by atoms with Crippen LogP contribution in [0.1, 0.15) is 61.7 Å². The molecule has 2 rings (SSSR count). The van der Waals surface area contributed by atoms with E-state index in [9.17, 15) is 9.59 Å². The van der Waals surface area contributed by atoms with Gasteiger partial charge in [-0.3, -0.25) is 4.79 Å². The van der Waals surface area contributed by atoms with Gasteiger partial charge in [-0.15, -0.1) is 0 Å². The molecule has 6 heteroatoms. The number of hydrogen-bond acceptors (Lipinski definition) is 5. The fourth-order valence-electron chi connectivity index (χ4n) is 2.75. The number of methoxy groups -OCH3 is 1. The lowest BCUT2D eigenvalue weighted by atomic mass is 10.0. The van der Waals surface area contributed by atoms with E-state index in [4.69, 9.17) is 13.9 Å². The van der Waals surface area contributed by atoms with Crippen LogP contribution in [0.2, 0.25) is 0 Å². The third-order valence-corrected chi connectivity index (χ3v) is 4.39. The highest BCUT2D eigenvalue weighted by atomic mass is 16.6. The number of rotatable bonds is 8. The zero-order chi connectivity index (χ0) is 20.8. The average Bonchev–Trinajstić information content (AvgIpc) is 3.10. The minimum Gasteiger partial charge on any atom is -0.467 e. The smallest absolute Gasteiger partial charge is 0.328 e. The monoisotopic (exact) mass is 387 g/mol. The molecule has 2 aromatic rings. The number of esters is 1. The number of amides is 1. The van der Waals surface area contributed by atoms with Gasteiger partial charge in [-0.2, -0.15) is 0 Å². The summed E-state index contributed by atoms with van der Waals surface area (Å²) in [6, 6.07) is 8.42. The Morgan fingerprint density at radius 1 is 1.11 bits per heavy atom. The molecule has 0 saturated carbocycles. The van der Waals surface area contributed by atoms with Crippen molar-refractivity contribution in [3.8, 4) is 11.7 Å². The highest BCUT2D eigenvalue weighted by molar-refractivity contribution is 5.94. The quantitative estimate of drug-likeness (QED) is 0.657. The van der Waals surface area contributed by atoms with Crippen molar-refractivity contribution in [1.29, 1.82) is 0 Å². The van der Waals surface area contributed by atoms with Crippen molar-refractivity contribution in [1.82, 2.24) is 5.32 Å². The standard InChI is InChI=1S/C22H29NO5/c1-13(2)11-17(22(25)26-6)23-21(24)18-9-10-20(27-18)28-19-12-16(14(3)4)8-7-15(19)5/h7-10,12-14,17H,11H2,1-6H3,(H,23,24). The number of hydrogen-bond donors (Lipinski definition) is 1. The van der Waals surface area contributed by atoms with Gasteiger partial charge in [0.05, 0.1) is 7.11 Å². The molecule has 152 valence electrons. The minimum absolute atomic E-state index is 0.0744. The zero-order valence-corrected chi connectivity index (χ0v) is 17.4. The Morgan fingerprint density at radius 3 is 2.43 bits per heavy atom. The summed E-state index contributed by atoms with van der Waals surface area (Å²) >= 11 is 0. The van der Waals surface area contributed by atoms with E-state index in [-0.39, 0.29) is 17.6 Å². The third-order valence-electron chi connectivity index (χ3n) is 4.39. The van der Waals surface area contributed by atoms with Crippen molar-refractivity contribution in [3.63, 3.8) is 0 Å². The first-order valence-electron chi connectivity index (χ1n) is 9.48. The molecule has 1 atom stereocenters. The molecule has 6 nitrogen and oxygen atoms in total. The predicted octanol–water partition coefficient (Wildman–Crippen LogP) is 4.82. The molecular weight excluding hydrogens is 358 g/mol. The predicted molar refractivity (Wildman–Crippen MR) is 107 cm³/mol. The lowest BCUT2D eigenvalue weighted by Gasteiger charge is -2.17. The summed E-state index contributed by atoms with van der Waals surface area (Å²) < 4.78 is 16.1. The Hall–Kier alpha value is -2.76. The molecule has 1 N–H and O–H groups in total. The van der Waals surface area contributed by atoms with Crippen molar-refractivity contribution in [2.75, 3.05) is 7.11 Å². The highest BCUT2D eigenvalue weighted by Gasteiger charge is 2.24. The van der Waals surface area contributed by atoms with Crippen LogP contribution < -0.4 is 10.1 Å². The largest absolute Gasteiger partial charge is 0.467 e. The van der Waals surface area contributed by atoms with Crippen LogP contribution in [0.15, 0.2) is 34.7 Å². The van der Waals surface area contributed by atoms with E-state index in [2.05, 4.69) is 25.2 Å². The number of ether oxygens (including phenoxy) is 2. The summed E-state index contributed by atoms with van der Waals surface area (Å²) in [5.41, 5.74) is 2.12. The van der Waals surface area contributed by atoms with E-state index in [1.807, 2.05) is 32.9 Å². The maximum atomic E-state index is 12.5. The van der Waals surface area contributed by atoms with Crippen LogP contribution in [-0.2, 0) is 9.53 Å². The summed E-state index contributed by atoms with van der Waals surface area (Å²) in [6.07, 6.45) is 0.476. The van der Waals surface area contributed by atoms with Gasteiger partial charge in [0.25, 0.3) is 11.9 Å². The zero-order valence-electron chi connectivity index (χ0n) is 17.4. The molecule has 0 radical (unpaired) electrons. The first-order valence-corrected chi connectivity index (χ1v) is 9.48. The average molecular weight is 387 g/mol. The lowest BCUT2D eigenvalue weighted by molar-refractivity contribution is -0.143. The highest BCUT2D eigenvalue weighted by Crippen LogP contribution is 2.30. The first kappa shape index (κ1) is 21.5. The van der Waals surface area contributed by atoms with Gasteiger partial charge in [-0.05, 0) is 48.4 Å². The molecule has 1 unspecified atom stereocenters. The van der Waals surface area contributed by atoms with Gasteiger partial charge in [0.15, 0.2) is 5.76 Å². The van der Waals surface area contributed by atoms with Crippen molar-refractivity contribution in [3.05, 3.63) is 47.2 Å². The SMILES string of the molecule is COC(=O)C(CC(C)C)NC(=O)c1ccc(Oc2cc(C(C)C)ccc2C)o1. The normalized spacial score (nSPS) is 12.1. The molecule has 0 aliphatic heterocycles. The minimum atomic E-state index is -0.725. The second-order valence-corrected chi connectivity index (χ2v) is 7.58. The van der Waals surface area contributed by atoms with E-state index in [1.165, 1.54) is 13.2 Å². The molecule has 0 aliphatic carbocycles. The molecule has 28 heavy (non-hydrogen) atoms. The summed E-state index contributed by atoms with van der Waals surface area (Å²) in [6.45, 7) is 10.1. The van der Waals surface area contributed by atoms with Crippen molar-refractivity contribution in [2.24, 2.45) is 5.92 Å². The third kappa shape index (κ3) is 5.62. The maximum absolute atomic E-state index is 12.5. The van der Waals surface area contributed by atoms with Gasteiger partial charge >= 0.3 is 5.97 Å². The fourth-order valence-corrected chi connectivity index (χ4v) is 2.75. The Bertz CT molecular complexity index is 822. The second kappa shape index (κ2) is 9.44. The van der Waals surface area contributed by atoms with Crippen LogP contribution in [-0.4, -0.2) is 25.0 Å². The van der Waals surface area contributed by atoms with Gasteiger partial charge in [0, 0.05) is 6.07 Å². The number of nitrogens with one attached hydrogen (secondary N) is 1.